The van der Waals surface area contributed by atoms with Crippen LogP contribution in [0, 0.1) is 11.8 Å². The summed E-state index contributed by atoms with van der Waals surface area (Å²) in [5.74, 6) is -0.158. The minimum absolute atomic E-state index is 0.0958. The molecule has 0 saturated heterocycles. The summed E-state index contributed by atoms with van der Waals surface area (Å²) in [7, 11) is 0. The summed E-state index contributed by atoms with van der Waals surface area (Å²) in [6, 6.07) is 7.04. The molecule has 0 bridgehead atoms. The van der Waals surface area contributed by atoms with Crippen LogP contribution in [-0.2, 0) is 20.7 Å². The molecule has 1 rings (SSSR count). The lowest BCUT2D eigenvalue weighted by atomic mass is 10.1. The number of ether oxygens (including phenoxy) is 2. The van der Waals surface area contributed by atoms with Gasteiger partial charge in [0.05, 0.1) is 12.3 Å². The second-order valence-electron chi connectivity index (χ2n) is 5.80. The number of hydrogen-bond acceptors (Lipinski definition) is 4. The van der Waals surface area contributed by atoms with Crippen molar-refractivity contribution in [3.8, 4) is 5.75 Å². The van der Waals surface area contributed by atoms with E-state index in [0.717, 1.165) is 0 Å². The molecule has 0 fully saturated rings. The number of benzene rings is 1. The predicted octanol–water partition coefficient (Wildman–Crippen LogP) is 4.40. The Morgan fingerprint density at radius 3 is 2.09 bits per heavy atom. The van der Waals surface area contributed by atoms with Crippen LogP contribution >= 0.6 is 0 Å². The first kappa shape index (κ1) is 21.2. The van der Waals surface area contributed by atoms with Gasteiger partial charge in [-0.25, -0.2) is 0 Å². The molecular formula is C19H30O4. The van der Waals surface area contributed by atoms with Crippen LogP contribution in [0.1, 0.15) is 54.0 Å². The second-order valence-corrected chi connectivity index (χ2v) is 5.80. The molecule has 0 aromatic heterocycles. The lowest BCUT2D eigenvalue weighted by Crippen LogP contribution is -2.22. The van der Waals surface area contributed by atoms with Gasteiger partial charge in [-0.2, -0.15) is 0 Å². The Morgan fingerprint density at radius 2 is 1.57 bits per heavy atom. The van der Waals surface area contributed by atoms with Gasteiger partial charge in [-0.3, -0.25) is 9.59 Å². The fourth-order valence-electron chi connectivity index (χ4n) is 1.52. The average molecular weight is 322 g/mol. The van der Waals surface area contributed by atoms with Gasteiger partial charge < -0.3 is 9.47 Å². The maximum atomic E-state index is 11.9. The molecule has 0 aliphatic carbocycles. The highest BCUT2D eigenvalue weighted by molar-refractivity contribution is 5.77. The van der Waals surface area contributed by atoms with Crippen LogP contribution in [0.25, 0.3) is 0 Å². The van der Waals surface area contributed by atoms with E-state index >= 15 is 0 Å². The van der Waals surface area contributed by atoms with Crippen molar-refractivity contribution in [2.24, 2.45) is 11.8 Å². The summed E-state index contributed by atoms with van der Waals surface area (Å²) in [6.45, 7) is 13.4. The Hall–Kier alpha value is -1.84. The average Bonchev–Trinajstić information content (AvgIpc) is 2.50. The molecule has 1 aromatic rings. The second kappa shape index (κ2) is 10.8. The molecule has 0 aliphatic heterocycles. The van der Waals surface area contributed by atoms with Gasteiger partial charge in [-0.15, -0.1) is 0 Å². The van der Waals surface area contributed by atoms with Crippen LogP contribution in [0.5, 0.6) is 5.75 Å². The van der Waals surface area contributed by atoms with Crippen LogP contribution in [0.15, 0.2) is 24.3 Å². The molecule has 0 radical (unpaired) electrons. The molecule has 0 saturated carbocycles. The van der Waals surface area contributed by atoms with Gasteiger partial charge >= 0.3 is 11.9 Å². The third kappa shape index (κ3) is 7.82. The molecule has 0 heterocycles. The Morgan fingerprint density at radius 1 is 1.00 bits per heavy atom. The first-order chi connectivity index (χ1) is 10.8. The quantitative estimate of drug-likeness (QED) is 0.575. The topological polar surface area (TPSA) is 52.6 Å². The highest BCUT2D eigenvalue weighted by Crippen LogP contribution is 2.20. The van der Waals surface area contributed by atoms with Gasteiger partial charge in [0.2, 0.25) is 0 Å². The van der Waals surface area contributed by atoms with Crippen molar-refractivity contribution < 1.29 is 19.1 Å². The maximum Gasteiger partial charge on any atom is 0.313 e. The smallest absolute Gasteiger partial charge is 0.313 e. The molecule has 0 spiro atoms. The number of hydrogen-bond donors (Lipinski definition) is 0. The summed E-state index contributed by atoms with van der Waals surface area (Å²) in [5.41, 5.74) is 0.660. The summed E-state index contributed by atoms with van der Waals surface area (Å²) in [5, 5.41) is 0. The Bertz CT molecular complexity index is 492. The van der Waals surface area contributed by atoms with Gasteiger partial charge in [-0.1, -0.05) is 59.7 Å². The van der Waals surface area contributed by atoms with Crippen molar-refractivity contribution in [3.63, 3.8) is 0 Å². The number of para-hydroxylation sites is 1. The van der Waals surface area contributed by atoms with E-state index in [-0.39, 0.29) is 36.3 Å². The lowest BCUT2D eigenvalue weighted by molar-refractivity contribution is -0.149. The van der Waals surface area contributed by atoms with Crippen molar-refractivity contribution in [2.45, 2.75) is 61.0 Å². The van der Waals surface area contributed by atoms with Crippen LogP contribution in [0.4, 0.5) is 0 Å². The summed E-state index contributed by atoms with van der Waals surface area (Å²) in [4.78, 5) is 23.6. The van der Waals surface area contributed by atoms with Crippen LogP contribution in [-0.4, -0.2) is 18.0 Å². The van der Waals surface area contributed by atoms with E-state index in [9.17, 15) is 9.59 Å². The molecule has 4 nitrogen and oxygen atoms in total. The zero-order chi connectivity index (χ0) is 18.0. The molecule has 0 aliphatic rings. The molecule has 1 atom stereocenters. The summed E-state index contributed by atoms with van der Waals surface area (Å²) < 4.78 is 10.7. The Labute approximate surface area is 140 Å². The van der Waals surface area contributed by atoms with Gasteiger partial charge in [-0.05, 0) is 18.9 Å². The predicted molar refractivity (Wildman–Crippen MR) is 92.4 cm³/mol. The molecule has 1 unspecified atom stereocenters. The number of carbonyl (C=O) groups excluding carboxylic acids is 2. The minimum Gasteiger partial charge on any atom is -0.462 e. The highest BCUT2D eigenvalue weighted by atomic mass is 16.5. The van der Waals surface area contributed by atoms with E-state index in [1.165, 1.54) is 0 Å². The van der Waals surface area contributed by atoms with Crippen LogP contribution < -0.4 is 4.74 Å². The minimum atomic E-state index is -0.316. The third-order valence-electron chi connectivity index (χ3n) is 3.25. The van der Waals surface area contributed by atoms with Gasteiger partial charge in [0, 0.05) is 5.56 Å². The van der Waals surface area contributed by atoms with Crippen molar-refractivity contribution in [1.29, 1.82) is 0 Å². The summed E-state index contributed by atoms with van der Waals surface area (Å²) in [6.07, 6.45) is -0.0404. The van der Waals surface area contributed by atoms with Crippen molar-refractivity contribution >= 4 is 11.9 Å². The number of carbonyl (C=O) groups is 2. The van der Waals surface area contributed by atoms with E-state index in [0.29, 0.717) is 11.3 Å². The van der Waals surface area contributed by atoms with E-state index in [1.807, 2.05) is 34.6 Å². The fraction of sp³-hybridized carbons (Fsp3) is 0.579. The van der Waals surface area contributed by atoms with Crippen molar-refractivity contribution in [2.75, 3.05) is 0 Å². The fourth-order valence-corrected chi connectivity index (χ4v) is 1.52. The normalized spacial score (nSPS) is 11.5. The van der Waals surface area contributed by atoms with Gasteiger partial charge in [0.15, 0.2) is 0 Å². The first-order valence-corrected chi connectivity index (χ1v) is 8.30. The van der Waals surface area contributed by atoms with Crippen LogP contribution in [0.3, 0.4) is 0 Å². The van der Waals surface area contributed by atoms with E-state index < -0.39 is 0 Å². The maximum absolute atomic E-state index is 11.9. The van der Waals surface area contributed by atoms with E-state index in [4.69, 9.17) is 9.47 Å². The molecule has 130 valence electrons. The molecule has 0 amide bonds. The van der Waals surface area contributed by atoms with Gasteiger partial charge in [0.1, 0.15) is 11.9 Å². The third-order valence-corrected chi connectivity index (χ3v) is 3.25. The number of esters is 2. The lowest BCUT2D eigenvalue weighted by Gasteiger charge is -2.17. The molecule has 1 aromatic carbocycles. The van der Waals surface area contributed by atoms with Gasteiger partial charge in [0.25, 0.3) is 0 Å². The highest BCUT2D eigenvalue weighted by Gasteiger charge is 2.17. The molecule has 4 heteroatoms. The number of rotatable bonds is 6. The molecule has 23 heavy (non-hydrogen) atoms. The van der Waals surface area contributed by atoms with Crippen LogP contribution in [0.2, 0.25) is 0 Å². The Balaban J connectivity index is 0.00000232. The summed E-state index contributed by atoms with van der Waals surface area (Å²) >= 11 is 0. The zero-order valence-corrected chi connectivity index (χ0v) is 15.4. The largest absolute Gasteiger partial charge is 0.462 e. The van der Waals surface area contributed by atoms with E-state index in [2.05, 4.69) is 0 Å². The molecule has 0 N–H and O–H groups in total. The van der Waals surface area contributed by atoms with Crippen molar-refractivity contribution in [3.05, 3.63) is 29.8 Å². The van der Waals surface area contributed by atoms with E-state index in [1.54, 1.807) is 38.1 Å². The zero-order valence-electron chi connectivity index (χ0n) is 15.4. The molecular weight excluding hydrogens is 292 g/mol. The standard InChI is InChI=1S/C17H24O4.C2H6/c1-11(2)13(5)20-16(18)10-14-8-6-7-9-15(14)21-17(19)12(3)4;1-2/h6-9,11-13H,10H2,1-5H3;1-2H3. The monoisotopic (exact) mass is 322 g/mol. The SMILES string of the molecule is CC.CC(C)C(=O)Oc1ccccc1CC(=O)OC(C)C(C)C. The van der Waals surface area contributed by atoms with Crippen molar-refractivity contribution in [1.82, 2.24) is 0 Å². The first-order valence-electron chi connectivity index (χ1n) is 8.30. The Kier molecular flexibility index (Phi) is 9.95.